The molecule has 0 unspecified atom stereocenters. The first kappa shape index (κ1) is 12.6. The zero-order valence-corrected chi connectivity index (χ0v) is 9.75. The average Bonchev–Trinajstić information content (AvgIpc) is 2.02. The van der Waals surface area contributed by atoms with Gasteiger partial charge in [-0.3, -0.25) is 0 Å². The van der Waals surface area contributed by atoms with E-state index in [0.717, 1.165) is 0 Å². The molecule has 0 fully saturated rings. The van der Waals surface area contributed by atoms with Crippen LogP contribution in [0.3, 0.4) is 0 Å². The van der Waals surface area contributed by atoms with Crippen LogP contribution in [-0.4, -0.2) is 34.4 Å². The predicted molar refractivity (Wildman–Crippen MR) is 51.7 cm³/mol. The summed E-state index contributed by atoms with van der Waals surface area (Å²) in [4.78, 5) is 10.9. The molecule has 13 heavy (non-hydrogen) atoms. The summed E-state index contributed by atoms with van der Waals surface area (Å²) in [6.45, 7) is 8.46. The van der Waals surface area contributed by atoms with Gasteiger partial charge in [0.1, 0.15) is 6.61 Å². The van der Waals surface area contributed by atoms with Crippen molar-refractivity contribution in [1.82, 2.24) is 0 Å². The SMILES string of the molecule is CCOC(=O)CO[Si](C)(C)OCC. The van der Waals surface area contributed by atoms with Gasteiger partial charge in [-0.1, -0.05) is 0 Å². The molecule has 0 saturated heterocycles. The van der Waals surface area contributed by atoms with E-state index in [9.17, 15) is 4.79 Å². The number of esters is 1. The Morgan fingerprint density at radius 1 is 1.15 bits per heavy atom. The maximum Gasteiger partial charge on any atom is 0.332 e. The normalized spacial score (nSPS) is 11.4. The van der Waals surface area contributed by atoms with Gasteiger partial charge in [0.05, 0.1) is 6.61 Å². The van der Waals surface area contributed by atoms with Crippen LogP contribution >= 0.6 is 0 Å². The Bertz CT molecular complexity index is 158. The number of hydrogen-bond acceptors (Lipinski definition) is 4. The van der Waals surface area contributed by atoms with Crippen LogP contribution < -0.4 is 0 Å². The van der Waals surface area contributed by atoms with Crippen LogP contribution in [0.4, 0.5) is 0 Å². The van der Waals surface area contributed by atoms with Crippen molar-refractivity contribution >= 4 is 14.5 Å². The van der Waals surface area contributed by atoms with Crippen molar-refractivity contribution in [3.05, 3.63) is 0 Å². The molecule has 78 valence electrons. The van der Waals surface area contributed by atoms with Crippen LogP contribution in [0, 0.1) is 0 Å². The Labute approximate surface area is 80.4 Å². The summed E-state index contributed by atoms with van der Waals surface area (Å²) < 4.78 is 15.4. The third-order valence-electron chi connectivity index (χ3n) is 1.33. The summed E-state index contributed by atoms with van der Waals surface area (Å²) >= 11 is 0. The molecule has 0 aliphatic carbocycles. The Morgan fingerprint density at radius 3 is 2.23 bits per heavy atom. The first-order valence-electron chi connectivity index (χ1n) is 4.45. The highest BCUT2D eigenvalue weighted by atomic mass is 28.4. The fourth-order valence-corrected chi connectivity index (χ4v) is 2.07. The summed E-state index contributed by atoms with van der Waals surface area (Å²) in [7, 11) is -2.10. The van der Waals surface area contributed by atoms with Gasteiger partial charge in [-0.2, -0.15) is 0 Å². The topological polar surface area (TPSA) is 44.8 Å². The minimum Gasteiger partial charge on any atom is -0.464 e. The molecule has 0 saturated carbocycles. The molecular formula is C8H18O4Si. The molecule has 0 amide bonds. The zero-order chi connectivity index (χ0) is 10.3. The maximum atomic E-state index is 10.9. The number of carbonyl (C=O) groups is 1. The molecule has 0 aromatic rings. The Hall–Kier alpha value is -0.393. The smallest absolute Gasteiger partial charge is 0.332 e. The number of carbonyl (C=O) groups excluding carboxylic acids is 1. The molecule has 0 aliphatic rings. The fourth-order valence-electron chi connectivity index (χ4n) is 0.825. The summed E-state index contributed by atoms with van der Waals surface area (Å²) in [5, 5.41) is 0. The van der Waals surface area contributed by atoms with Gasteiger partial charge in [-0.15, -0.1) is 0 Å². The molecule has 0 radical (unpaired) electrons. The quantitative estimate of drug-likeness (QED) is 0.485. The van der Waals surface area contributed by atoms with Gasteiger partial charge in [-0.25, -0.2) is 4.79 Å². The summed E-state index contributed by atoms with van der Waals surface area (Å²) in [6.07, 6.45) is 0. The molecule has 0 atom stereocenters. The first-order valence-corrected chi connectivity index (χ1v) is 7.27. The summed E-state index contributed by atoms with van der Waals surface area (Å²) in [5.41, 5.74) is 0. The largest absolute Gasteiger partial charge is 0.464 e. The van der Waals surface area contributed by atoms with Crippen LogP contribution in [0.1, 0.15) is 13.8 Å². The second-order valence-electron chi connectivity index (χ2n) is 2.93. The molecule has 0 aromatic heterocycles. The lowest BCUT2D eigenvalue weighted by Crippen LogP contribution is -2.37. The molecule has 5 heteroatoms. The molecule has 0 aliphatic heterocycles. The highest BCUT2D eigenvalue weighted by Gasteiger charge is 2.25. The van der Waals surface area contributed by atoms with E-state index in [2.05, 4.69) is 0 Å². The van der Waals surface area contributed by atoms with Crippen molar-refractivity contribution in [1.29, 1.82) is 0 Å². The van der Waals surface area contributed by atoms with E-state index >= 15 is 0 Å². The molecule has 0 spiro atoms. The lowest BCUT2D eigenvalue weighted by Gasteiger charge is -2.20. The Kier molecular flexibility index (Phi) is 5.94. The van der Waals surface area contributed by atoms with Crippen LogP contribution in [0.2, 0.25) is 13.1 Å². The molecule has 0 bridgehead atoms. The van der Waals surface area contributed by atoms with E-state index in [1.54, 1.807) is 6.92 Å². The van der Waals surface area contributed by atoms with Gasteiger partial charge in [-0.05, 0) is 26.9 Å². The van der Waals surface area contributed by atoms with Gasteiger partial charge in [0.15, 0.2) is 0 Å². The maximum absolute atomic E-state index is 10.9. The summed E-state index contributed by atoms with van der Waals surface area (Å²) in [6, 6.07) is 0. The standard InChI is InChI=1S/C8H18O4Si/c1-5-10-8(9)7-12-13(3,4)11-6-2/h5-7H2,1-4H3. The third kappa shape index (κ3) is 6.74. The molecule has 0 rings (SSSR count). The summed E-state index contributed by atoms with van der Waals surface area (Å²) in [5.74, 6) is -0.331. The average molecular weight is 206 g/mol. The monoisotopic (exact) mass is 206 g/mol. The zero-order valence-electron chi connectivity index (χ0n) is 8.75. The Balaban J connectivity index is 3.67. The molecule has 4 nitrogen and oxygen atoms in total. The molecular weight excluding hydrogens is 188 g/mol. The van der Waals surface area contributed by atoms with E-state index in [0.29, 0.717) is 13.2 Å². The van der Waals surface area contributed by atoms with E-state index in [1.807, 2.05) is 20.0 Å². The minimum atomic E-state index is -2.10. The fraction of sp³-hybridized carbons (Fsp3) is 0.875. The Morgan fingerprint density at radius 2 is 1.77 bits per heavy atom. The highest BCUT2D eigenvalue weighted by molar-refractivity contribution is 6.64. The molecule has 0 aromatic carbocycles. The van der Waals surface area contributed by atoms with Gasteiger partial charge in [0, 0.05) is 6.61 Å². The van der Waals surface area contributed by atoms with Crippen molar-refractivity contribution < 1.29 is 18.4 Å². The van der Waals surface area contributed by atoms with Gasteiger partial charge < -0.3 is 13.6 Å². The lowest BCUT2D eigenvalue weighted by atomic mass is 10.7. The second-order valence-corrected chi connectivity index (χ2v) is 6.30. The van der Waals surface area contributed by atoms with Crippen molar-refractivity contribution in [3.63, 3.8) is 0 Å². The second kappa shape index (κ2) is 6.12. The van der Waals surface area contributed by atoms with Crippen molar-refractivity contribution in [3.8, 4) is 0 Å². The van der Waals surface area contributed by atoms with Crippen LogP contribution in [0.25, 0.3) is 0 Å². The van der Waals surface area contributed by atoms with E-state index in [1.165, 1.54) is 0 Å². The van der Waals surface area contributed by atoms with E-state index in [-0.39, 0.29) is 12.6 Å². The van der Waals surface area contributed by atoms with Gasteiger partial charge >= 0.3 is 14.5 Å². The van der Waals surface area contributed by atoms with Crippen molar-refractivity contribution in [2.45, 2.75) is 26.9 Å². The molecule has 0 heterocycles. The predicted octanol–water partition coefficient (Wildman–Crippen LogP) is 1.30. The number of ether oxygens (including phenoxy) is 1. The number of rotatable bonds is 6. The van der Waals surface area contributed by atoms with E-state index < -0.39 is 8.56 Å². The number of hydrogen-bond donors (Lipinski definition) is 0. The van der Waals surface area contributed by atoms with E-state index in [4.69, 9.17) is 13.6 Å². The van der Waals surface area contributed by atoms with Gasteiger partial charge in [0.25, 0.3) is 0 Å². The van der Waals surface area contributed by atoms with Crippen LogP contribution in [-0.2, 0) is 18.4 Å². The first-order chi connectivity index (χ1) is 6.02. The third-order valence-corrected chi connectivity index (χ3v) is 3.16. The van der Waals surface area contributed by atoms with Gasteiger partial charge in [0.2, 0.25) is 0 Å². The van der Waals surface area contributed by atoms with Crippen molar-refractivity contribution in [2.24, 2.45) is 0 Å². The molecule has 0 N–H and O–H groups in total. The van der Waals surface area contributed by atoms with Crippen LogP contribution in [0.5, 0.6) is 0 Å². The van der Waals surface area contributed by atoms with Crippen molar-refractivity contribution in [2.75, 3.05) is 19.8 Å². The minimum absolute atomic E-state index is 0.00688. The highest BCUT2D eigenvalue weighted by Crippen LogP contribution is 2.05. The van der Waals surface area contributed by atoms with Crippen LogP contribution in [0.15, 0.2) is 0 Å². The lowest BCUT2D eigenvalue weighted by molar-refractivity contribution is -0.146.